The standard InChI is InChI=1S/C16H20N2O3/c1-19-14-7-13(8-15(20-2)16(14)21-3)11-18-10-12-5-4-6-17-9-12/h4-9,18H,10-11H2,1-3H3. The molecular formula is C16H20N2O3. The predicted octanol–water partition coefficient (Wildman–Crippen LogP) is 2.40. The Balaban J connectivity index is 2.06. The molecule has 0 aliphatic rings. The number of ether oxygens (including phenoxy) is 3. The SMILES string of the molecule is COc1cc(CNCc2cccnc2)cc(OC)c1OC. The minimum absolute atomic E-state index is 0.607. The molecule has 1 aromatic carbocycles. The third-order valence-electron chi connectivity index (χ3n) is 3.11. The highest BCUT2D eigenvalue weighted by atomic mass is 16.5. The number of methoxy groups -OCH3 is 3. The zero-order valence-electron chi connectivity index (χ0n) is 12.6. The summed E-state index contributed by atoms with van der Waals surface area (Å²) in [4.78, 5) is 4.09. The van der Waals surface area contributed by atoms with Crippen molar-refractivity contribution < 1.29 is 14.2 Å². The van der Waals surface area contributed by atoms with Crippen LogP contribution in [0.1, 0.15) is 11.1 Å². The minimum atomic E-state index is 0.607. The topological polar surface area (TPSA) is 52.6 Å². The lowest BCUT2D eigenvalue weighted by molar-refractivity contribution is 0.323. The Hall–Kier alpha value is -2.27. The highest BCUT2D eigenvalue weighted by Crippen LogP contribution is 2.38. The summed E-state index contributed by atoms with van der Waals surface area (Å²) in [5.41, 5.74) is 2.21. The Bertz CT molecular complexity index is 548. The molecule has 1 aromatic heterocycles. The number of hydrogen-bond acceptors (Lipinski definition) is 5. The molecule has 0 unspecified atom stereocenters. The van der Waals surface area contributed by atoms with Gasteiger partial charge in [0.15, 0.2) is 11.5 Å². The van der Waals surface area contributed by atoms with Gasteiger partial charge >= 0.3 is 0 Å². The van der Waals surface area contributed by atoms with Crippen LogP contribution in [0.2, 0.25) is 0 Å². The average Bonchev–Trinajstić information content (AvgIpc) is 2.54. The van der Waals surface area contributed by atoms with E-state index in [4.69, 9.17) is 14.2 Å². The lowest BCUT2D eigenvalue weighted by Crippen LogP contribution is -2.13. The first-order valence-electron chi connectivity index (χ1n) is 6.67. The smallest absolute Gasteiger partial charge is 0.203 e. The van der Waals surface area contributed by atoms with Gasteiger partial charge in [0.25, 0.3) is 0 Å². The van der Waals surface area contributed by atoms with Crippen LogP contribution in [0.3, 0.4) is 0 Å². The van der Waals surface area contributed by atoms with Crippen molar-refractivity contribution in [3.63, 3.8) is 0 Å². The van der Waals surface area contributed by atoms with Crippen LogP contribution in [0.5, 0.6) is 17.2 Å². The second kappa shape index (κ2) is 7.50. The molecule has 21 heavy (non-hydrogen) atoms. The van der Waals surface area contributed by atoms with Crippen molar-refractivity contribution >= 4 is 0 Å². The van der Waals surface area contributed by atoms with E-state index in [1.807, 2.05) is 30.5 Å². The Morgan fingerprint density at radius 1 is 0.952 bits per heavy atom. The Labute approximate surface area is 124 Å². The van der Waals surface area contributed by atoms with Gasteiger partial charge in [-0.05, 0) is 29.3 Å². The molecule has 0 saturated heterocycles. The van der Waals surface area contributed by atoms with Crippen molar-refractivity contribution in [3.05, 3.63) is 47.8 Å². The van der Waals surface area contributed by atoms with Crippen LogP contribution in [0, 0.1) is 0 Å². The largest absolute Gasteiger partial charge is 0.493 e. The first kappa shape index (κ1) is 15.1. The highest BCUT2D eigenvalue weighted by Gasteiger charge is 2.12. The number of hydrogen-bond donors (Lipinski definition) is 1. The Kier molecular flexibility index (Phi) is 5.40. The molecule has 0 aliphatic heterocycles. The molecule has 0 bridgehead atoms. The monoisotopic (exact) mass is 288 g/mol. The van der Waals surface area contributed by atoms with E-state index in [1.165, 1.54) is 0 Å². The summed E-state index contributed by atoms with van der Waals surface area (Å²) in [5.74, 6) is 1.93. The molecule has 0 saturated carbocycles. The molecule has 1 N–H and O–H groups in total. The maximum Gasteiger partial charge on any atom is 0.203 e. The molecule has 0 amide bonds. The molecule has 5 nitrogen and oxygen atoms in total. The van der Waals surface area contributed by atoms with Crippen LogP contribution >= 0.6 is 0 Å². The van der Waals surface area contributed by atoms with Crippen molar-refractivity contribution in [2.45, 2.75) is 13.1 Å². The average molecular weight is 288 g/mol. The summed E-state index contributed by atoms with van der Waals surface area (Å²) in [6.07, 6.45) is 3.62. The minimum Gasteiger partial charge on any atom is -0.493 e. The summed E-state index contributed by atoms with van der Waals surface area (Å²) in [6, 6.07) is 7.85. The highest BCUT2D eigenvalue weighted by molar-refractivity contribution is 5.53. The van der Waals surface area contributed by atoms with Crippen LogP contribution in [0.15, 0.2) is 36.7 Å². The van der Waals surface area contributed by atoms with Gasteiger partial charge < -0.3 is 19.5 Å². The van der Waals surface area contributed by atoms with Gasteiger partial charge in [0.2, 0.25) is 5.75 Å². The van der Waals surface area contributed by atoms with E-state index in [-0.39, 0.29) is 0 Å². The first-order valence-corrected chi connectivity index (χ1v) is 6.67. The molecule has 2 aromatic rings. The van der Waals surface area contributed by atoms with E-state index >= 15 is 0 Å². The molecule has 0 fully saturated rings. The fourth-order valence-corrected chi connectivity index (χ4v) is 2.09. The van der Waals surface area contributed by atoms with Gasteiger partial charge in [0.05, 0.1) is 21.3 Å². The second-order valence-corrected chi connectivity index (χ2v) is 4.50. The summed E-state index contributed by atoms with van der Waals surface area (Å²) < 4.78 is 16.0. The van der Waals surface area contributed by atoms with Gasteiger partial charge in [-0.1, -0.05) is 6.07 Å². The molecule has 112 valence electrons. The number of aromatic nitrogens is 1. The van der Waals surface area contributed by atoms with Crippen LogP contribution in [-0.2, 0) is 13.1 Å². The Morgan fingerprint density at radius 2 is 1.62 bits per heavy atom. The van der Waals surface area contributed by atoms with Gasteiger partial charge in [0, 0.05) is 25.5 Å². The van der Waals surface area contributed by atoms with Crippen molar-refractivity contribution in [2.75, 3.05) is 21.3 Å². The van der Waals surface area contributed by atoms with E-state index in [9.17, 15) is 0 Å². The number of pyridine rings is 1. The zero-order valence-corrected chi connectivity index (χ0v) is 12.6. The Morgan fingerprint density at radius 3 is 2.14 bits per heavy atom. The second-order valence-electron chi connectivity index (χ2n) is 4.50. The van der Waals surface area contributed by atoms with E-state index in [1.54, 1.807) is 27.5 Å². The summed E-state index contributed by atoms with van der Waals surface area (Å²) in [5, 5.41) is 3.37. The number of rotatable bonds is 7. The zero-order chi connectivity index (χ0) is 15.1. The van der Waals surface area contributed by atoms with Gasteiger partial charge in [0.1, 0.15) is 0 Å². The quantitative estimate of drug-likeness (QED) is 0.848. The fraction of sp³-hybridized carbons (Fsp3) is 0.312. The van der Waals surface area contributed by atoms with Crippen molar-refractivity contribution in [3.8, 4) is 17.2 Å². The van der Waals surface area contributed by atoms with Crippen LogP contribution in [-0.4, -0.2) is 26.3 Å². The maximum absolute atomic E-state index is 5.34. The summed E-state index contributed by atoms with van der Waals surface area (Å²) in [7, 11) is 4.83. The lowest BCUT2D eigenvalue weighted by Gasteiger charge is -2.14. The molecular weight excluding hydrogens is 268 g/mol. The molecule has 0 atom stereocenters. The van der Waals surface area contributed by atoms with Crippen molar-refractivity contribution in [1.82, 2.24) is 10.3 Å². The van der Waals surface area contributed by atoms with Gasteiger partial charge in [-0.2, -0.15) is 0 Å². The van der Waals surface area contributed by atoms with Crippen LogP contribution in [0.4, 0.5) is 0 Å². The molecule has 1 heterocycles. The summed E-state index contributed by atoms with van der Waals surface area (Å²) in [6.45, 7) is 1.45. The van der Waals surface area contributed by atoms with E-state index in [0.29, 0.717) is 23.8 Å². The van der Waals surface area contributed by atoms with Gasteiger partial charge in [-0.15, -0.1) is 0 Å². The molecule has 2 rings (SSSR count). The third kappa shape index (κ3) is 3.86. The van der Waals surface area contributed by atoms with Gasteiger partial charge in [-0.25, -0.2) is 0 Å². The van der Waals surface area contributed by atoms with Crippen LogP contribution < -0.4 is 19.5 Å². The van der Waals surface area contributed by atoms with Crippen molar-refractivity contribution in [1.29, 1.82) is 0 Å². The number of nitrogens with one attached hydrogen (secondary N) is 1. The van der Waals surface area contributed by atoms with E-state index < -0.39 is 0 Å². The molecule has 0 aliphatic carbocycles. The third-order valence-corrected chi connectivity index (χ3v) is 3.11. The molecule has 0 radical (unpaired) electrons. The van der Waals surface area contributed by atoms with Gasteiger partial charge in [-0.3, -0.25) is 4.98 Å². The van der Waals surface area contributed by atoms with Crippen LogP contribution in [0.25, 0.3) is 0 Å². The maximum atomic E-state index is 5.34. The van der Waals surface area contributed by atoms with E-state index in [0.717, 1.165) is 17.7 Å². The molecule has 5 heteroatoms. The normalized spacial score (nSPS) is 10.2. The summed E-state index contributed by atoms with van der Waals surface area (Å²) >= 11 is 0. The predicted molar refractivity (Wildman–Crippen MR) is 80.9 cm³/mol. The number of nitrogens with zero attached hydrogens (tertiary/aromatic N) is 1. The first-order chi connectivity index (χ1) is 10.3. The fourth-order valence-electron chi connectivity index (χ4n) is 2.09. The van der Waals surface area contributed by atoms with Crippen molar-refractivity contribution in [2.24, 2.45) is 0 Å². The molecule has 0 spiro atoms. The van der Waals surface area contributed by atoms with E-state index in [2.05, 4.69) is 10.3 Å². The number of benzene rings is 1. The lowest BCUT2D eigenvalue weighted by atomic mass is 10.1.